The number of rotatable bonds is 9. The van der Waals surface area contributed by atoms with Gasteiger partial charge in [0.1, 0.15) is 0 Å². The molecule has 0 radical (unpaired) electrons. The second-order valence-corrected chi connectivity index (χ2v) is 14.6. The molecule has 0 N–H and O–H groups in total. The van der Waals surface area contributed by atoms with Crippen LogP contribution in [0, 0.1) is 5.92 Å². The summed E-state index contributed by atoms with van der Waals surface area (Å²) in [5, 5.41) is 2.67. The molecule has 2 aromatic rings. The van der Waals surface area contributed by atoms with Crippen molar-refractivity contribution >= 4 is 24.6 Å². The van der Waals surface area contributed by atoms with Crippen LogP contribution in [0.1, 0.15) is 59.8 Å². The van der Waals surface area contributed by atoms with Crippen LogP contribution in [0.5, 0.6) is 0 Å². The van der Waals surface area contributed by atoms with E-state index < -0.39 is 8.32 Å². The van der Waals surface area contributed by atoms with Crippen molar-refractivity contribution in [3.8, 4) is 0 Å². The molecule has 0 spiro atoms. The predicted molar refractivity (Wildman–Crippen MR) is 143 cm³/mol. The maximum absolute atomic E-state index is 6.92. The summed E-state index contributed by atoms with van der Waals surface area (Å²) in [5.41, 5.74) is 0. The first-order valence-electron chi connectivity index (χ1n) is 12.4. The molecule has 1 aliphatic heterocycles. The molecule has 0 unspecified atom stereocenters. The molecule has 33 heavy (non-hydrogen) atoms. The molecular weight excluding hydrogens is 422 g/mol. The lowest BCUT2D eigenvalue weighted by molar-refractivity contribution is 0.331. The summed E-state index contributed by atoms with van der Waals surface area (Å²) in [4.78, 5) is 4.76. The summed E-state index contributed by atoms with van der Waals surface area (Å²) in [6.07, 6.45) is 9.98. The Hall–Kier alpha value is -2.17. The van der Waals surface area contributed by atoms with Gasteiger partial charge >= 0.3 is 0 Å². The standard InChI is InChI=1S/C29H41NO2Si/c1-24-22-25(30-28(23-24)31-5)16-10-6-7-15-21-32-33(29(2,3)4,26-17-11-8-12-18-26)27-19-13-9-14-20-27/h7-9,11-15,17-20,24-25H,6,10,16,21-23H2,1-5H3/b15-7-/t24-,25+/m0/s1. The van der Waals surface area contributed by atoms with Crippen molar-refractivity contribution in [1.29, 1.82) is 0 Å². The minimum Gasteiger partial charge on any atom is -0.484 e. The van der Waals surface area contributed by atoms with Crippen LogP contribution in [0.15, 0.2) is 77.8 Å². The molecule has 3 nitrogen and oxygen atoms in total. The summed E-state index contributed by atoms with van der Waals surface area (Å²) in [7, 11) is -0.709. The fraction of sp³-hybridized carbons (Fsp3) is 0.483. The monoisotopic (exact) mass is 463 g/mol. The molecular formula is C29H41NO2Si. The number of aliphatic imine (C=N–C) groups is 1. The van der Waals surface area contributed by atoms with Gasteiger partial charge < -0.3 is 9.16 Å². The van der Waals surface area contributed by atoms with E-state index in [1.54, 1.807) is 7.11 Å². The lowest BCUT2D eigenvalue weighted by Gasteiger charge is -2.42. The Bertz CT molecular complexity index is 863. The Morgan fingerprint density at radius 2 is 1.58 bits per heavy atom. The van der Waals surface area contributed by atoms with Crippen LogP contribution in [0.25, 0.3) is 0 Å². The lowest BCUT2D eigenvalue weighted by Crippen LogP contribution is -2.66. The van der Waals surface area contributed by atoms with Crippen LogP contribution in [-0.4, -0.2) is 34.0 Å². The van der Waals surface area contributed by atoms with Crippen molar-refractivity contribution in [3.63, 3.8) is 0 Å². The Morgan fingerprint density at radius 1 is 0.970 bits per heavy atom. The van der Waals surface area contributed by atoms with E-state index in [1.807, 2.05) is 0 Å². The molecule has 1 aliphatic rings. The smallest absolute Gasteiger partial charge is 0.261 e. The fourth-order valence-corrected chi connectivity index (χ4v) is 9.57. The minimum absolute atomic E-state index is 0.0122. The number of hydrogen-bond donors (Lipinski definition) is 0. The third-order valence-electron chi connectivity index (χ3n) is 6.65. The molecule has 0 aromatic heterocycles. The Labute approximate surface area is 202 Å². The number of allylic oxidation sites excluding steroid dienone is 1. The average molecular weight is 464 g/mol. The van der Waals surface area contributed by atoms with Crippen molar-refractivity contribution in [2.75, 3.05) is 13.7 Å². The minimum atomic E-state index is -2.45. The number of hydrogen-bond acceptors (Lipinski definition) is 3. The SMILES string of the molecule is COC1=N[C@H](CCC/C=C\CO[Si](c2ccccc2)(c2ccccc2)C(C)(C)C)C[C@H](C)C1. The molecule has 0 amide bonds. The third kappa shape index (κ3) is 6.45. The predicted octanol–water partition coefficient (Wildman–Crippen LogP) is 6.13. The largest absolute Gasteiger partial charge is 0.484 e. The van der Waals surface area contributed by atoms with Crippen molar-refractivity contribution in [2.24, 2.45) is 10.9 Å². The second kappa shape index (κ2) is 11.8. The molecule has 0 bridgehead atoms. The first-order chi connectivity index (χ1) is 15.9. The summed E-state index contributed by atoms with van der Waals surface area (Å²) in [5.74, 6) is 1.59. The molecule has 2 aromatic carbocycles. The van der Waals surface area contributed by atoms with E-state index in [2.05, 4.69) is 101 Å². The van der Waals surface area contributed by atoms with Crippen LogP contribution >= 0.6 is 0 Å². The van der Waals surface area contributed by atoms with Crippen molar-refractivity contribution < 1.29 is 9.16 Å². The Kier molecular flexibility index (Phi) is 9.10. The second-order valence-electron chi connectivity index (χ2n) is 10.3. The summed E-state index contributed by atoms with van der Waals surface area (Å²) in [6.45, 7) is 9.90. The van der Waals surface area contributed by atoms with E-state index in [4.69, 9.17) is 14.2 Å². The average Bonchev–Trinajstić information content (AvgIpc) is 2.81. The molecule has 1 heterocycles. The van der Waals surface area contributed by atoms with E-state index in [0.29, 0.717) is 18.6 Å². The molecule has 0 saturated carbocycles. The van der Waals surface area contributed by atoms with Gasteiger partial charge in [-0.1, -0.05) is 101 Å². The number of unbranched alkanes of at least 4 members (excludes halogenated alkanes) is 1. The van der Waals surface area contributed by atoms with Crippen LogP contribution in [0.2, 0.25) is 5.04 Å². The molecule has 2 atom stereocenters. The highest BCUT2D eigenvalue weighted by Crippen LogP contribution is 2.36. The van der Waals surface area contributed by atoms with Crippen molar-refractivity contribution in [3.05, 3.63) is 72.8 Å². The topological polar surface area (TPSA) is 30.8 Å². The highest BCUT2D eigenvalue weighted by Gasteiger charge is 2.49. The zero-order valence-electron chi connectivity index (χ0n) is 21.1. The number of benzene rings is 2. The van der Waals surface area contributed by atoms with E-state index in [9.17, 15) is 0 Å². The first kappa shape index (κ1) is 25.4. The third-order valence-corrected chi connectivity index (χ3v) is 11.7. The Balaban J connectivity index is 1.64. The van der Waals surface area contributed by atoms with Gasteiger partial charge in [0.25, 0.3) is 8.32 Å². The quantitative estimate of drug-likeness (QED) is 0.254. The molecule has 4 heteroatoms. The molecule has 0 saturated heterocycles. The summed E-state index contributed by atoms with van der Waals surface area (Å²) >= 11 is 0. The highest BCUT2D eigenvalue weighted by atomic mass is 28.4. The van der Waals surface area contributed by atoms with Crippen LogP contribution in [0.3, 0.4) is 0 Å². The first-order valence-corrected chi connectivity index (χ1v) is 14.3. The van der Waals surface area contributed by atoms with Gasteiger partial charge in [0.15, 0.2) is 5.90 Å². The molecule has 0 fully saturated rings. The number of methoxy groups -OCH3 is 1. The summed E-state index contributed by atoms with van der Waals surface area (Å²) in [6, 6.07) is 22.1. The van der Waals surface area contributed by atoms with Gasteiger partial charge in [0.2, 0.25) is 0 Å². The van der Waals surface area contributed by atoms with Crippen LogP contribution in [0.4, 0.5) is 0 Å². The van der Waals surface area contributed by atoms with Gasteiger partial charge in [-0.25, -0.2) is 0 Å². The van der Waals surface area contributed by atoms with E-state index in [1.165, 1.54) is 16.8 Å². The normalized spacial score (nSPS) is 19.5. The van der Waals surface area contributed by atoms with Gasteiger partial charge in [-0.3, -0.25) is 4.99 Å². The van der Waals surface area contributed by atoms with Crippen LogP contribution in [-0.2, 0) is 9.16 Å². The lowest BCUT2D eigenvalue weighted by atomic mass is 9.92. The Morgan fingerprint density at radius 3 is 2.12 bits per heavy atom. The summed E-state index contributed by atoms with van der Waals surface area (Å²) < 4.78 is 12.3. The van der Waals surface area contributed by atoms with Crippen molar-refractivity contribution in [2.45, 2.75) is 70.9 Å². The van der Waals surface area contributed by atoms with E-state index in [-0.39, 0.29) is 5.04 Å². The van der Waals surface area contributed by atoms with Crippen LogP contribution < -0.4 is 10.4 Å². The van der Waals surface area contributed by atoms with Gasteiger partial charge in [-0.05, 0) is 47.0 Å². The number of nitrogens with zero attached hydrogens (tertiary/aromatic N) is 1. The number of ether oxygens (including phenoxy) is 1. The van der Waals surface area contributed by atoms with E-state index in [0.717, 1.165) is 31.6 Å². The van der Waals surface area contributed by atoms with Gasteiger partial charge in [0, 0.05) is 6.42 Å². The highest BCUT2D eigenvalue weighted by molar-refractivity contribution is 6.99. The zero-order chi connectivity index (χ0) is 23.7. The molecule has 3 rings (SSSR count). The van der Waals surface area contributed by atoms with Gasteiger partial charge in [0.05, 0.1) is 19.8 Å². The van der Waals surface area contributed by atoms with Crippen molar-refractivity contribution in [1.82, 2.24) is 0 Å². The van der Waals surface area contributed by atoms with E-state index >= 15 is 0 Å². The zero-order valence-corrected chi connectivity index (χ0v) is 22.1. The van der Waals surface area contributed by atoms with Gasteiger partial charge in [-0.2, -0.15) is 0 Å². The molecule has 0 aliphatic carbocycles. The molecule has 178 valence electrons. The maximum atomic E-state index is 6.92. The van der Waals surface area contributed by atoms with Gasteiger partial charge in [-0.15, -0.1) is 0 Å². The fourth-order valence-electron chi connectivity index (χ4n) is 5.07. The maximum Gasteiger partial charge on any atom is 0.261 e.